The first-order chi connectivity index (χ1) is 15.0. The summed E-state index contributed by atoms with van der Waals surface area (Å²) in [5.74, 6) is 1.28. The highest BCUT2D eigenvalue weighted by atomic mass is 16.5. The molecule has 2 aromatic heterocycles. The van der Waals surface area contributed by atoms with E-state index in [0.29, 0.717) is 24.6 Å². The van der Waals surface area contributed by atoms with Crippen molar-refractivity contribution in [2.24, 2.45) is 0 Å². The number of carbonyl (C=O) groups is 1. The number of pyridine rings is 2. The van der Waals surface area contributed by atoms with Crippen LogP contribution in [0.1, 0.15) is 12.0 Å². The van der Waals surface area contributed by atoms with Gasteiger partial charge >= 0.3 is 6.09 Å². The molecule has 0 aliphatic carbocycles. The molecule has 1 aliphatic heterocycles. The number of ether oxygens (including phenoxy) is 1. The molecular formula is C23H24N4O4. The van der Waals surface area contributed by atoms with Crippen LogP contribution in [0.3, 0.4) is 0 Å². The van der Waals surface area contributed by atoms with Crippen LogP contribution in [0.2, 0.25) is 0 Å². The molecule has 1 N–H and O–H groups in total. The second kappa shape index (κ2) is 8.91. The van der Waals surface area contributed by atoms with Crippen LogP contribution in [-0.2, 0) is 6.61 Å². The Hall–Kier alpha value is -3.81. The van der Waals surface area contributed by atoms with Crippen LogP contribution in [0, 0.1) is 0 Å². The van der Waals surface area contributed by atoms with Crippen molar-refractivity contribution in [3.8, 4) is 11.4 Å². The topological polar surface area (TPSA) is 87.9 Å². The van der Waals surface area contributed by atoms with E-state index in [-0.39, 0.29) is 11.6 Å². The Kier molecular flexibility index (Phi) is 5.88. The maximum absolute atomic E-state index is 12.6. The summed E-state index contributed by atoms with van der Waals surface area (Å²) in [5, 5.41) is 9.15. The van der Waals surface area contributed by atoms with E-state index in [9.17, 15) is 9.59 Å². The third kappa shape index (κ3) is 4.69. The third-order valence-electron chi connectivity index (χ3n) is 5.49. The van der Waals surface area contributed by atoms with E-state index in [1.807, 2.05) is 42.5 Å². The van der Waals surface area contributed by atoms with Gasteiger partial charge in [0.1, 0.15) is 18.2 Å². The maximum atomic E-state index is 12.6. The Morgan fingerprint density at radius 2 is 2.03 bits per heavy atom. The average Bonchev–Trinajstić information content (AvgIpc) is 3.28. The van der Waals surface area contributed by atoms with Crippen LogP contribution in [0.25, 0.3) is 5.69 Å². The highest BCUT2D eigenvalue weighted by Crippen LogP contribution is 2.22. The molecule has 3 aromatic rings. The molecule has 0 unspecified atom stereocenters. The number of carboxylic acid groups (broad SMARTS) is 1. The molecule has 3 heterocycles. The number of anilines is 1. The Morgan fingerprint density at radius 3 is 2.71 bits per heavy atom. The molecule has 1 saturated heterocycles. The molecular weight excluding hydrogens is 396 g/mol. The van der Waals surface area contributed by atoms with Gasteiger partial charge in [-0.2, -0.15) is 0 Å². The van der Waals surface area contributed by atoms with Crippen molar-refractivity contribution in [3.05, 3.63) is 82.9 Å². The maximum Gasteiger partial charge on any atom is 0.407 e. The summed E-state index contributed by atoms with van der Waals surface area (Å²) in [6.45, 7) is 1.74. The number of aromatic nitrogens is 2. The molecule has 31 heavy (non-hydrogen) atoms. The van der Waals surface area contributed by atoms with Crippen molar-refractivity contribution in [1.82, 2.24) is 14.5 Å². The molecule has 1 amide bonds. The summed E-state index contributed by atoms with van der Waals surface area (Å²) in [6.07, 6.45) is 3.16. The zero-order valence-electron chi connectivity index (χ0n) is 17.2. The van der Waals surface area contributed by atoms with Gasteiger partial charge in [-0.25, -0.2) is 9.78 Å². The highest BCUT2D eigenvalue weighted by Gasteiger charge is 2.28. The zero-order chi connectivity index (χ0) is 21.8. The lowest BCUT2D eigenvalue weighted by molar-refractivity contribution is 0.142. The molecule has 160 valence electrons. The van der Waals surface area contributed by atoms with E-state index in [0.717, 1.165) is 24.3 Å². The van der Waals surface area contributed by atoms with Crippen LogP contribution in [0.4, 0.5) is 10.6 Å². The van der Waals surface area contributed by atoms with Gasteiger partial charge in [-0.1, -0.05) is 30.3 Å². The molecule has 8 nitrogen and oxygen atoms in total. The quantitative estimate of drug-likeness (QED) is 0.660. The van der Waals surface area contributed by atoms with Crippen LogP contribution < -0.4 is 15.2 Å². The highest BCUT2D eigenvalue weighted by molar-refractivity contribution is 5.65. The van der Waals surface area contributed by atoms with Crippen molar-refractivity contribution in [2.45, 2.75) is 19.1 Å². The lowest BCUT2D eigenvalue weighted by Crippen LogP contribution is -2.38. The Balaban J connectivity index is 1.42. The summed E-state index contributed by atoms with van der Waals surface area (Å²) in [7, 11) is 1.59. The number of hydrogen-bond donors (Lipinski definition) is 1. The van der Waals surface area contributed by atoms with Crippen molar-refractivity contribution in [1.29, 1.82) is 0 Å². The number of hydrogen-bond acceptors (Lipinski definition) is 5. The van der Waals surface area contributed by atoms with E-state index < -0.39 is 6.09 Å². The van der Waals surface area contributed by atoms with Gasteiger partial charge in [-0.15, -0.1) is 0 Å². The summed E-state index contributed by atoms with van der Waals surface area (Å²) in [6, 6.07) is 16.6. The van der Waals surface area contributed by atoms with Crippen LogP contribution >= 0.6 is 0 Å². The zero-order valence-corrected chi connectivity index (χ0v) is 17.2. The molecule has 0 spiro atoms. The van der Waals surface area contributed by atoms with Gasteiger partial charge in [0, 0.05) is 32.4 Å². The fraction of sp³-hybridized carbons (Fsp3) is 0.261. The predicted octanol–water partition coefficient (Wildman–Crippen LogP) is 3.00. The first kappa shape index (κ1) is 20.5. The summed E-state index contributed by atoms with van der Waals surface area (Å²) >= 11 is 0. The molecule has 1 aromatic carbocycles. The second-order valence-corrected chi connectivity index (χ2v) is 7.50. The molecule has 8 heteroatoms. The van der Waals surface area contributed by atoms with Gasteiger partial charge in [-0.05, 0) is 30.2 Å². The monoisotopic (exact) mass is 420 g/mol. The molecule has 4 rings (SSSR count). The standard InChI is InChI=1S/C23H24N4O4/c1-25(23(29)30)19-9-11-26(15-19)21-8-7-18(14-24-21)27-12-10-20(13-22(27)28)31-16-17-5-3-2-4-6-17/h2-8,10,12-14,19H,9,11,15-16H2,1H3,(H,29,30)/t19-/m1/s1. The van der Waals surface area contributed by atoms with E-state index in [2.05, 4.69) is 9.88 Å². The number of nitrogens with zero attached hydrogens (tertiary/aromatic N) is 4. The Labute approximate surface area is 179 Å². The Bertz CT molecular complexity index is 1100. The number of likely N-dealkylation sites (N-methyl/N-ethyl adjacent to an activating group) is 1. The lowest BCUT2D eigenvalue weighted by Gasteiger charge is -2.22. The molecule has 1 aliphatic rings. The second-order valence-electron chi connectivity index (χ2n) is 7.50. The number of amides is 1. The number of rotatable bonds is 6. The van der Waals surface area contributed by atoms with Gasteiger partial charge in [0.05, 0.1) is 17.9 Å². The molecule has 0 radical (unpaired) electrons. The van der Waals surface area contributed by atoms with Gasteiger partial charge in [0.15, 0.2) is 0 Å². The minimum absolute atomic E-state index is 0.0509. The summed E-state index contributed by atoms with van der Waals surface area (Å²) in [4.78, 5) is 31.6. The van der Waals surface area contributed by atoms with Gasteiger partial charge in [0.2, 0.25) is 0 Å². The first-order valence-corrected chi connectivity index (χ1v) is 10.1. The van der Waals surface area contributed by atoms with E-state index in [1.54, 1.807) is 25.5 Å². The minimum Gasteiger partial charge on any atom is -0.489 e. The normalized spacial score (nSPS) is 15.6. The SMILES string of the molecule is CN(C(=O)O)[C@@H]1CCN(c2ccc(-n3ccc(OCc4ccccc4)cc3=O)cn2)C1. The minimum atomic E-state index is -0.925. The average molecular weight is 420 g/mol. The van der Waals surface area contributed by atoms with Crippen molar-refractivity contribution >= 4 is 11.9 Å². The molecule has 1 atom stereocenters. The predicted molar refractivity (Wildman–Crippen MR) is 117 cm³/mol. The molecule has 1 fully saturated rings. The van der Waals surface area contributed by atoms with E-state index in [4.69, 9.17) is 9.84 Å². The van der Waals surface area contributed by atoms with Crippen molar-refractivity contribution in [2.75, 3.05) is 25.0 Å². The fourth-order valence-corrected chi connectivity index (χ4v) is 3.63. The van der Waals surface area contributed by atoms with Gasteiger partial charge in [-0.3, -0.25) is 9.36 Å². The van der Waals surface area contributed by atoms with Gasteiger partial charge < -0.3 is 19.6 Å². The van der Waals surface area contributed by atoms with Crippen LogP contribution in [0.15, 0.2) is 71.8 Å². The van der Waals surface area contributed by atoms with Gasteiger partial charge in [0.25, 0.3) is 5.56 Å². The Morgan fingerprint density at radius 1 is 1.23 bits per heavy atom. The fourth-order valence-electron chi connectivity index (χ4n) is 3.63. The van der Waals surface area contributed by atoms with Crippen molar-refractivity contribution < 1.29 is 14.6 Å². The molecule has 0 saturated carbocycles. The lowest BCUT2D eigenvalue weighted by atomic mass is 10.2. The van der Waals surface area contributed by atoms with Crippen molar-refractivity contribution in [3.63, 3.8) is 0 Å². The van der Waals surface area contributed by atoms with E-state index in [1.165, 1.54) is 15.5 Å². The smallest absolute Gasteiger partial charge is 0.407 e. The number of benzene rings is 1. The van der Waals surface area contributed by atoms with Crippen LogP contribution in [-0.4, -0.2) is 51.8 Å². The molecule has 0 bridgehead atoms. The van der Waals surface area contributed by atoms with E-state index >= 15 is 0 Å². The first-order valence-electron chi connectivity index (χ1n) is 10.1. The summed E-state index contributed by atoms with van der Waals surface area (Å²) < 4.78 is 7.23. The summed E-state index contributed by atoms with van der Waals surface area (Å²) in [5.41, 5.74) is 1.48. The largest absolute Gasteiger partial charge is 0.489 e. The third-order valence-corrected chi connectivity index (χ3v) is 5.49. The van der Waals surface area contributed by atoms with Crippen LogP contribution in [0.5, 0.6) is 5.75 Å².